The number of fused-ring (bicyclic) bond motifs is 4. The number of H-pyrrole nitrogens is 1. The average Bonchev–Trinajstić information content (AvgIpc) is 3.18. The molecule has 2 aromatic heterocycles. The monoisotopic (exact) mass is 425 g/mol. The summed E-state index contributed by atoms with van der Waals surface area (Å²) in [5.74, 6) is 0.113. The summed E-state index contributed by atoms with van der Waals surface area (Å²) in [6, 6.07) is 5.35. The van der Waals surface area contributed by atoms with Crippen LogP contribution in [0.5, 0.6) is 0 Å². The maximum absolute atomic E-state index is 14.1. The quantitative estimate of drug-likeness (QED) is 0.669. The van der Waals surface area contributed by atoms with E-state index >= 15 is 0 Å². The van der Waals surface area contributed by atoms with Crippen molar-refractivity contribution in [1.82, 2.24) is 19.4 Å². The summed E-state index contributed by atoms with van der Waals surface area (Å²) in [5.41, 5.74) is 2.78. The number of benzene rings is 1. The van der Waals surface area contributed by atoms with E-state index in [0.29, 0.717) is 12.1 Å². The van der Waals surface area contributed by atoms with Gasteiger partial charge in [0.2, 0.25) is 5.56 Å². The molecule has 0 amide bonds. The SMILES string of the molecule is CC(C)c1ncc2n1-c1c[nH]c(=O)cc1NC21CCN(Cc2ccc(F)cc2F)CC1. The maximum Gasteiger partial charge on any atom is 0.250 e. The van der Waals surface area contributed by atoms with Crippen LogP contribution in [0.4, 0.5) is 14.5 Å². The van der Waals surface area contributed by atoms with Gasteiger partial charge < -0.3 is 10.3 Å². The summed E-state index contributed by atoms with van der Waals surface area (Å²) < 4.78 is 29.5. The highest BCUT2D eigenvalue weighted by Crippen LogP contribution is 2.44. The van der Waals surface area contributed by atoms with Gasteiger partial charge in [0.15, 0.2) is 0 Å². The predicted molar refractivity (Wildman–Crippen MR) is 114 cm³/mol. The molecule has 31 heavy (non-hydrogen) atoms. The van der Waals surface area contributed by atoms with Gasteiger partial charge in [0, 0.05) is 49.4 Å². The average molecular weight is 425 g/mol. The number of nitrogens with one attached hydrogen (secondary N) is 2. The molecule has 0 bridgehead atoms. The lowest BCUT2D eigenvalue weighted by Crippen LogP contribution is -2.49. The highest BCUT2D eigenvalue weighted by molar-refractivity contribution is 5.66. The van der Waals surface area contributed by atoms with Crippen molar-refractivity contribution in [2.45, 2.75) is 44.7 Å². The van der Waals surface area contributed by atoms with E-state index in [0.717, 1.165) is 54.9 Å². The standard InChI is InChI=1S/C23H25F2N5O/c1-14(2)22-27-12-20-23(28-18-10-21(31)26-11-19(18)30(20)22)5-7-29(8-6-23)13-15-3-4-16(24)9-17(15)25/h3-4,9-12,14,28H,5-8,13H2,1-2H3,(H,26,31). The molecule has 8 heteroatoms. The third-order valence-electron chi connectivity index (χ3n) is 6.43. The van der Waals surface area contributed by atoms with Crippen LogP contribution in [0.2, 0.25) is 0 Å². The summed E-state index contributed by atoms with van der Waals surface area (Å²) in [6.07, 6.45) is 5.24. The van der Waals surface area contributed by atoms with Crippen molar-refractivity contribution in [3.63, 3.8) is 0 Å². The molecule has 1 saturated heterocycles. The number of aromatic nitrogens is 3. The van der Waals surface area contributed by atoms with Crippen LogP contribution in [0.3, 0.4) is 0 Å². The Morgan fingerprint density at radius 3 is 2.68 bits per heavy atom. The summed E-state index contributed by atoms with van der Waals surface area (Å²) in [6.45, 7) is 6.13. The third-order valence-corrected chi connectivity index (χ3v) is 6.43. The molecule has 5 rings (SSSR count). The van der Waals surface area contributed by atoms with E-state index in [1.165, 1.54) is 12.1 Å². The number of hydrogen-bond acceptors (Lipinski definition) is 4. The first-order valence-corrected chi connectivity index (χ1v) is 10.6. The maximum atomic E-state index is 14.1. The van der Waals surface area contributed by atoms with Gasteiger partial charge in [-0.3, -0.25) is 14.3 Å². The molecular weight excluding hydrogens is 400 g/mol. The topological polar surface area (TPSA) is 66.0 Å². The largest absolute Gasteiger partial charge is 0.372 e. The van der Waals surface area contributed by atoms with Crippen molar-refractivity contribution in [3.05, 3.63) is 75.7 Å². The normalized spacial score (nSPS) is 17.5. The lowest BCUT2D eigenvalue weighted by atomic mass is 9.82. The molecule has 1 aromatic carbocycles. The fourth-order valence-electron chi connectivity index (χ4n) is 4.80. The van der Waals surface area contributed by atoms with E-state index in [2.05, 4.69) is 33.6 Å². The predicted octanol–water partition coefficient (Wildman–Crippen LogP) is 3.88. The molecular formula is C23H25F2N5O. The second kappa shape index (κ2) is 7.30. The molecule has 162 valence electrons. The van der Waals surface area contributed by atoms with Gasteiger partial charge in [0.1, 0.15) is 17.5 Å². The van der Waals surface area contributed by atoms with Gasteiger partial charge in [-0.15, -0.1) is 0 Å². The zero-order valence-corrected chi connectivity index (χ0v) is 17.6. The van der Waals surface area contributed by atoms with Crippen molar-refractivity contribution < 1.29 is 8.78 Å². The Kier molecular flexibility index (Phi) is 4.69. The number of halogens is 2. The van der Waals surface area contributed by atoms with Gasteiger partial charge >= 0.3 is 0 Å². The first kappa shape index (κ1) is 19.9. The molecule has 1 spiro atoms. The number of nitrogens with zero attached hydrogens (tertiary/aromatic N) is 3. The second-order valence-corrected chi connectivity index (χ2v) is 8.81. The zero-order chi connectivity index (χ0) is 21.8. The van der Waals surface area contributed by atoms with Crippen LogP contribution < -0.4 is 10.9 Å². The number of aromatic amines is 1. The molecule has 0 aliphatic carbocycles. The summed E-state index contributed by atoms with van der Waals surface area (Å²) in [5, 5.41) is 3.63. The van der Waals surface area contributed by atoms with E-state index in [4.69, 9.17) is 4.98 Å². The molecule has 6 nitrogen and oxygen atoms in total. The lowest BCUT2D eigenvalue weighted by molar-refractivity contribution is 0.160. The minimum Gasteiger partial charge on any atom is -0.372 e. The van der Waals surface area contributed by atoms with Crippen LogP contribution in [0.1, 0.15) is 49.7 Å². The first-order chi connectivity index (χ1) is 14.9. The number of hydrogen-bond donors (Lipinski definition) is 2. The number of piperidine rings is 1. The van der Waals surface area contributed by atoms with E-state index in [-0.39, 0.29) is 17.0 Å². The number of rotatable bonds is 3. The van der Waals surface area contributed by atoms with Crippen LogP contribution in [0, 0.1) is 11.6 Å². The van der Waals surface area contributed by atoms with Crippen LogP contribution >= 0.6 is 0 Å². The van der Waals surface area contributed by atoms with Crippen molar-refractivity contribution in [3.8, 4) is 5.69 Å². The Bertz CT molecular complexity index is 1190. The van der Waals surface area contributed by atoms with Gasteiger partial charge in [-0.2, -0.15) is 0 Å². The van der Waals surface area contributed by atoms with Gasteiger partial charge in [-0.05, 0) is 18.9 Å². The van der Waals surface area contributed by atoms with Crippen LogP contribution in [0.15, 0.2) is 41.5 Å². The third kappa shape index (κ3) is 3.35. The van der Waals surface area contributed by atoms with Crippen LogP contribution in [0.25, 0.3) is 5.69 Å². The second-order valence-electron chi connectivity index (χ2n) is 8.81. The summed E-state index contributed by atoms with van der Waals surface area (Å²) in [7, 11) is 0. The Labute approximate surface area is 178 Å². The molecule has 0 radical (unpaired) electrons. The summed E-state index contributed by atoms with van der Waals surface area (Å²) in [4.78, 5) is 21.7. The fraction of sp³-hybridized carbons (Fsp3) is 0.391. The van der Waals surface area contributed by atoms with E-state index in [1.54, 1.807) is 12.3 Å². The summed E-state index contributed by atoms with van der Waals surface area (Å²) >= 11 is 0. The van der Waals surface area contributed by atoms with E-state index < -0.39 is 11.6 Å². The first-order valence-electron chi connectivity index (χ1n) is 10.6. The van der Waals surface area contributed by atoms with Gasteiger partial charge in [-0.1, -0.05) is 19.9 Å². The van der Waals surface area contributed by atoms with Crippen molar-refractivity contribution in [1.29, 1.82) is 0 Å². The highest BCUT2D eigenvalue weighted by Gasteiger charge is 2.43. The Hall–Kier alpha value is -3.00. The smallest absolute Gasteiger partial charge is 0.250 e. The molecule has 1 fully saturated rings. The number of imidazole rings is 1. The molecule has 0 unspecified atom stereocenters. The van der Waals surface area contributed by atoms with E-state index in [1.807, 2.05) is 6.20 Å². The number of likely N-dealkylation sites (tertiary alicyclic amines) is 1. The van der Waals surface area contributed by atoms with Gasteiger partial charge in [0.25, 0.3) is 0 Å². The van der Waals surface area contributed by atoms with E-state index in [9.17, 15) is 13.6 Å². The van der Waals surface area contributed by atoms with Crippen molar-refractivity contribution in [2.75, 3.05) is 18.4 Å². The Morgan fingerprint density at radius 1 is 1.19 bits per heavy atom. The Balaban J connectivity index is 1.45. The van der Waals surface area contributed by atoms with Crippen molar-refractivity contribution in [2.24, 2.45) is 0 Å². The molecule has 2 aliphatic rings. The molecule has 0 saturated carbocycles. The fourth-order valence-corrected chi connectivity index (χ4v) is 4.80. The lowest BCUT2D eigenvalue weighted by Gasteiger charge is -2.46. The van der Waals surface area contributed by atoms with Crippen LogP contribution in [-0.2, 0) is 12.1 Å². The zero-order valence-electron chi connectivity index (χ0n) is 17.6. The van der Waals surface area contributed by atoms with Gasteiger partial charge in [-0.25, -0.2) is 13.8 Å². The molecule has 2 aliphatic heterocycles. The van der Waals surface area contributed by atoms with Gasteiger partial charge in [0.05, 0.1) is 28.8 Å². The minimum atomic E-state index is -0.562. The highest BCUT2D eigenvalue weighted by atomic mass is 19.1. The van der Waals surface area contributed by atoms with Crippen LogP contribution in [-0.4, -0.2) is 32.5 Å². The number of pyridine rings is 1. The molecule has 2 N–H and O–H groups in total. The Morgan fingerprint density at radius 2 is 1.97 bits per heavy atom. The molecule has 0 atom stereocenters. The minimum absolute atomic E-state index is 0.153. The number of anilines is 1. The molecule has 4 heterocycles. The molecule has 3 aromatic rings. The van der Waals surface area contributed by atoms with Crippen molar-refractivity contribution >= 4 is 5.69 Å².